The van der Waals surface area contributed by atoms with Gasteiger partial charge in [0.15, 0.2) is 0 Å². The van der Waals surface area contributed by atoms with Crippen LogP contribution in [0.1, 0.15) is 38.5 Å². The second-order valence-electron chi connectivity index (χ2n) is 8.25. The van der Waals surface area contributed by atoms with Gasteiger partial charge in [-0.3, -0.25) is 4.79 Å². The Bertz CT molecular complexity index is 983. The molecule has 4 heterocycles. The summed E-state index contributed by atoms with van der Waals surface area (Å²) >= 11 is 1.56. The van der Waals surface area contributed by atoms with Gasteiger partial charge in [-0.05, 0) is 49.9 Å². The summed E-state index contributed by atoms with van der Waals surface area (Å²) in [6.45, 7) is 3.57. The number of halogens is 1. The zero-order valence-corrected chi connectivity index (χ0v) is 17.8. The average Bonchev–Trinajstić information content (AvgIpc) is 3.22. The summed E-state index contributed by atoms with van der Waals surface area (Å²) < 4.78 is 14.9. The Balaban J connectivity index is 1.23. The van der Waals surface area contributed by atoms with Crippen LogP contribution in [0.15, 0.2) is 30.5 Å². The number of anilines is 1. The van der Waals surface area contributed by atoms with Crippen LogP contribution in [0, 0.1) is 11.7 Å². The molecule has 3 aromatic rings. The predicted molar refractivity (Wildman–Crippen MR) is 116 cm³/mol. The molecule has 0 saturated carbocycles. The van der Waals surface area contributed by atoms with Crippen molar-refractivity contribution < 1.29 is 9.18 Å². The van der Waals surface area contributed by atoms with Crippen LogP contribution in [0.5, 0.6) is 0 Å². The third kappa shape index (κ3) is 3.93. The number of nitrogens with zero attached hydrogens (tertiary/aromatic N) is 5. The number of imidazole rings is 1. The minimum Gasteiger partial charge on any atom is -0.347 e. The lowest BCUT2D eigenvalue weighted by molar-refractivity contribution is -0.136. The summed E-state index contributed by atoms with van der Waals surface area (Å²) in [6, 6.07) is 6.35. The van der Waals surface area contributed by atoms with Crippen LogP contribution < -0.4 is 4.90 Å². The van der Waals surface area contributed by atoms with Gasteiger partial charge in [-0.2, -0.15) is 0 Å². The highest BCUT2D eigenvalue weighted by atomic mass is 32.1. The number of benzene rings is 1. The van der Waals surface area contributed by atoms with Crippen LogP contribution >= 0.6 is 11.3 Å². The fourth-order valence-corrected chi connectivity index (χ4v) is 5.38. The van der Waals surface area contributed by atoms with E-state index in [1.54, 1.807) is 28.0 Å². The molecule has 2 saturated heterocycles. The van der Waals surface area contributed by atoms with Gasteiger partial charge in [0, 0.05) is 37.7 Å². The Morgan fingerprint density at radius 1 is 1.00 bits per heavy atom. The molecule has 0 bridgehead atoms. The van der Waals surface area contributed by atoms with E-state index >= 15 is 0 Å². The zero-order chi connectivity index (χ0) is 20.5. The first-order valence-electron chi connectivity index (χ1n) is 10.8. The molecule has 0 atom stereocenters. The van der Waals surface area contributed by atoms with Gasteiger partial charge >= 0.3 is 0 Å². The number of aromatic nitrogens is 3. The molecular formula is C22H26FN5OS. The fraction of sp³-hybridized carbons (Fsp3) is 0.500. The highest BCUT2D eigenvalue weighted by Crippen LogP contribution is 2.30. The van der Waals surface area contributed by atoms with Crippen molar-refractivity contribution in [3.8, 4) is 11.3 Å². The number of carbonyl (C=O) groups is 1. The summed E-state index contributed by atoms with van der Waals surface area (Å²) in [6.07, 6.45) is 8.44. The van der Waals surface area contributed by atoms with E-state index in [0.717, 1.165) is 73.2 Å². The Kier molecular flexibility index (Phi) is 5.41. The van der Waals surface area contributed by atoms with Crippen molar-refractivity contribution in [1.29, 1.82) is 0 Å². The zero-order valence-electron chi connectivity index (χ0n) is 17.0. The number of fused-ring (bicyclic) bond motifs is 1. The standard InChI is InChI=1S/C22H26FN5OS/c23-18-7-5-16(6-8-18)19-15-28-21(24-19)30-22(25-28)27-13-9-17(10-14-27)20(29)26-11-3-1-2-4-12-26/h5-8,15,17H,1-4,9-14H2. The molecule has 1 aromatic carbocycles. The second-order valence-corrected chi connectivity index (χ2v) is 9.18. The lowest BCUT2D eigenvalue weighted by atomic mass is 9.95. The molecule has 2 aliphatic heterocycles. The molecule has 2 aliphatic rings. The molecule has 8 heteroatoms. The number of amides is 1. The smallest absolute Gasteiger partial charge is 0.225 e. The van der Waals surface area contributed by atoms with Gasteiger partial charge in [-0.1, -0.05) is 24.2 Å². The van der Waals surface area contributed by atoms with E-state index in [-0.39, 0.29) is 11.7 Å². The quantitative estimate of drug-likeness (QED) is 0.628. The van der Waals surface area contributed by atoms with Crippen molar-refractivity contribution in [3.05, 3.63) is 36.3 Å². The number of hydrogen-bond acceptors (Lipinski definition) is 5. The Morgan fingerprint density at radius 3 is 2.37 bits per heavy atom. The van der Waals surface area contributed by atoms with E-state index in [4.69, 9.17) is 5.10 Å². The monoisotopic (exact) mass is 427 g/mol. The van der Waals surface area contributed by atoms with Crippen molar-refractivity contribution in [1.82, 2.24) is 19.5 Å². The average molecular weight is 428 g/mol. The highest BCUT2D eigenvalue weighted by molar-refractivity contribution is 7.20. The third-order valence-electron chi connectivity index (χ3n) is 6.20. The predicted octanol–water partition coefficient (Wildman–Crippen LogP) is 4.22. The molecule has 2 fully saturated rings. The fourth-order valence-electron chi connectivity index (χ4n) is 4.44. The van der Waals surface area contributed by atoms with E-state index in [2.05, 4.69) is 14.8 Å². The first-order valence-corrected chi connectivity index (χ1v) is 11.6. The van der Waals surface area contributed by atoms with Gasteiger partial charge in [0.25, 0.3) is 0 Å². The van der Waals surface area contributed by atoms with E-state index in [0.29, 0.717) is 5.91 Å². The van der Waals surface area contributed by atoms with E-state index in [1.807, 2.05) is 6.20 Å². The molecular weight excluding hydrogens is 401 g/mol. The molecule has 2 aromatic heterocycles. The van der Waals surface area contributed by atoms with Crippen molar-refractivity contribution >= 4 is 27.3 Å². The van der Waals surface area contributed by atoms with Crippen LogP contribution in [0.2, 0.25) is 0 Å². The largest absolute Gasteiger partial charge is 0.347 e. The molecule has 0 radical (unpaired) electrons. The normalized spacial score (nSPS) is 18.7. The van der Waals surface area contributed by atoms with Crippen LogP contribution in [0.4, 0.5) is 9.52 Å². The van der Waals surface area contributed by atoms with Gasteiger partial charge in [-0.25, -0.2) is 13.9 Å². The third-order valence-corrected chi connectivity index (χ3v) is 7.19. The number of carbonyl (C=O) groups excluding carboxylic acids is 1. The van der Waals surface area contributed by atoms with Crippen molar-refractivity contribution in [2.24, 2.45) is 5.92 Å². The Morgan fingerprint density at radius 2 is 1.70 bits per heavy atom. The van der Waals surface area contributed by atoms with Gasteiger partial charge in [0.1, 0.15) is 5.82 Å². The molecule has 0 N–H and O–H groups in total. The highest BCUT2D eigenvalue weighted by Gasteiger charge is 2.30. The SMILES string of the molecule is O=C(C1CCN(c2nn3cc(-c4ccc(F)cc4)nc3s2)CC1)N1CCCCCC1. The molecule has 30 heavy (non-hydrogen) atoms. The molecule has 6 nitrogen and oxygen atoms in total. The van der Waals surface area contributed by atoms with Gasteiger partial charge < -0.3 is 9.80 Å². The molecule has 1 amide bonds. The first-order chi connectivity index (χ1) is 14.7. The van der Waals surface area contributed by atoms with Gasteiger partial charge in [-0.15, -0.1) is 5.10 Å². The van der Waals surface area contributed by atoms with Gasteiger partial charge in [0.05, 0.1) is 11.9 Å². The van der Waals surface area contributed by atoms with Crippen LogP contribution in [0.25, 0.3) is 16.2 Å². The van der Waals surface area contributed by atoms with E-state index in [1.165, 1.54) is 25.0 Å². The molecule has 158 valence electrons. The lowest BCUT2D eigenvalue weighted by Crippen LogP contribution is -2.43. The molecule has 0 unspecified atom stereocenters. The van der Waals surface area contributed by atoms with Crippen LogP contribution in [0.3, 0.4) is 0 Å². The number of piperidine rings is 1. The number of hydrogen-bond donors (Lipinski definition) is 0. The maximum Gasteiger partial charge on any atom is 0.225 e. The van der Waals surface area contributed by atoms with E-state index < -0.39 is 0 Å². The summed E-state index contributed by atoms with van der Waals surface area (Å²) in [5.74, 6) is 0.251. The number of likely N-dealkylation sites (tertiary alicyclic amines) is 1. The lowest BCUT2D eigenvalue weighted by Gasteiger charge is -2.33. The summed E-state index contributed by atoms with van der Waals surface area (Å²) in [7, 11) is 0. The second kappa shape index (κ2) is 8.34. The van der Waals surface area contributed by atoms with E-state index in [9.17, 15) is 9.18 Å². The van der Waals surface area contributed by atoms with Crippen molar-refractivity contribution in [2.45, 2.75) is 38.5 Å². The van der Waals surface area contributed by atoms with Gasteiger partial charge in [0.2, 0.25) is 16.0 Å². The summed E-state index contributed by atoms with van der Waals surface area (Å²) in [5, 5.41) is 5.65. The van der Waals surface area contributed by atoms with Crippen molar-refractivity contribution in [2.75, 3.05) is 31.1 Å². The Labute approximate surface area is 179 Å². The molecule has 0 aliphatic carbocycles. The first kappa shape index (κ1) is 19.5. The minimum absolute atomic E-state index is 0.147. The molecule has 0 spiro atoms. The van der Waals surface area contributed by atoms with Crippen LogP contribution in [-0.2, 0) is 4.79 Å². The van der Waals surface area contributed by atoms with Crippen molar-refractivity contribution in [3.63, 3.8) is 0 Å². The topological polar surface area (TPSA) is 53.7 Å². The minimum atomic E-state index is -0.252. The van der Waals surface area contributed by atoms with Crippen LogP contribution in [-0.4, -0.2) is 51.6 Å². The maximum absolute atomic E-state index is 13.1. The maximum atomic E-state index is 13.1. The molecule has 5 rings (SSSR count). The summed E-state index contributed by atoms with van der Waals surface area (Å²) in [5.41, 5.74) is 1.67. The number of rotatable bonds is 3. The Hall–Kier alpha value is -2.48. The summed E-state index contributed by atoms with van der Waals surface area (Å²) in [4.78, 5) is 22.7.